The zero-order valence-electron chi connectivity index (χ0n) is 80.4. The standard InChI is InChI=1S/4C36H22S/c1-2-11-24-22-25(21-20-23(24)10-1)34-27-13-3-5-15-29(27)35(30-16-6-4-14-28(30)34)32-18-9-17-31-26-12-7-8-19-33(26)37-36(31)32;1-2-11-24-22-25(21-20-23(24)10-1)34-26-12-3-5-14-28(26)35(29-15-6-4-13-27(29)34)31-17-9-19-33-36(31)30-16-7-8-18-32(30)37-33;1-2-10-24-21-25(18-17-23(24)9-1)35-29-12-3-5-14-31(29)36(32-15-6-4-13-30(32)35)26-19-20-28-27-11-7-8-16-33(27)37-34(28)22-26;1-2-10-24-21-25(18-17-23(24)9-1)35-28-12-3-5-14-30(28)36(31-15-6-4-13-29(31)35)26-19-20-34-32(22-26)27-11-7-8-16-33(27)37-34/h4*1-22H. The lowest BCUT2D eigenvalue weighted by molar-refractivity contribution is 1.69. The molecule has 0 radical (unpaired) electrons. The minimum Gasteiger partial charge on any atom is -0.135 e. The summed E-state index contributed by atoms with van der Waals surface area (Å²) < 4.78 is 10.7. The summed E-state index contributed by atoms with van der Waals surface area (Å²) in [7, 11) is 0. The van der Waals surface area contributed by atoms with Gasteiger partial charge in [-0.15, -0.1) is 45.3 Å². The van der Waals surface area contributed by atoms with E-state index in [1.54, 1.807) is 0 Å². The van der Waals surface area contributed by atoms with Gasteiger partial charge in [-0.25, -0.2) is 0 Å². The summed E-state index contributed by atoms with van der Waals surface area (Å²) in [6.45, 7) is 0. The molecule has 0 fully saturated rings. The molecule has 0 N–H and O–H groups in total. The predicted octanol–water partition coefficient (Wildman–Crippen LogP) is 43.4. The molecule has 0 saturated carbocycles. The van der Waals surface area contributed by atoms with Crippen LogP contribution in [0.15, 0.2) is 534 Å². The molecular formula is C144H88S4. The summed E-state index contributed by atoms with van der Waals surface area (Å²) in [6.07, 6.45) is 0. The Kier molecular flexibility index (Phi) is 21.2. The van der Waals surface area contributed by atoms with E-state index in [0.717, 1.165) is 0 Å². The van der Waals surface area contributed by atoms with E-state index in [4.69, 9.17) is 0 Å². The Morgan fingerprint density at radius 1 is 0.101 bits per heavy atom. The highest BCUT2D eigenvalue weighted by Crippen LogP contribution is 2.55. The van der Waals surface area contributed by atoms with E-state index in [0.29, 0.717) is 0 Å². The van der Waals surface area contributed by atoms with Gasteiger partial charge in [-0.05, 0) is 286 Å². The second-order valence-electron chi connectivity index (χ2n) is 38.8. The van der Waals surface area contributed by atoms with Crippen molar-refractivity contribution in [2.75, 3.05) is 0 Å². The Bertz CT molecular complexity index is 10800. The zero-order chi connectivity index (χ0) is 97.4. The van der Waals surface area contributed by atoms with Gasteiger partial charge in [-0.1, -0.05) is 461 Å². The lowest BCUT2D eigenvalue weighted by Crippen LogP contribution is -1.91. The summed E-state index contributed by atoms with van der Waals surface area (Å²) in [6, 6.07) is 196. The Labute approximate surface area is 870 Å². The van der Waals surface area contributed by atoms with E-state index >= 15 is 0 Å². The van der Waals surface area contributed by atoms with E-state index in [9.17, 15) is 0 Å². The summed E-state index contributed by atoms with van der Waals surface area (Å²) in [5, 5.41) is 41.6. The van der Waals surface area contributed by atoms with Crippen LogP contribution in [0.4, 0.5) is 0 Å². The van der Waals surface area contributed by atoms with Crippen molar-refractivity contribution in [3.8, 4) is 89.0 Å². The topological polar surface area (TPSA) is 0 Å². The van der Waals surface area contributed by atoms with Crippen LogP contribution in [0.2, 0.25) is 0 Å². The molecule has 28 aromatic carbocycles. The minimum atomic E-state index is 1.26. The predicted molar refractivity (Wildman–Crippen MR) is 651 cm³/mol. The van der Waals surface area contributed by atoms with Gasteiger partial charge in [0.1, 0.15) is 0 Å². The maximum Gasteiger partial charge on any atom is 0.0434 e. The molecule has 0 aliphatic heterocycles. The van der Waals surface area contributed by atoms with Crippen LogP contribution in [0.25, 0.3) is 299 Å². The number of fused-ring (bicyclic) bond motifs is 24. The molecule has 688 valence electrons. The molecule has 0 unspecified atom stereocenters. The molecule has 4 heterocycles. The van der Waals surface area contributed by atoms with Crippen LogP contribution in [0.3, 0.4) is 0 Å². The minimum absolute atomic E-state index is 1.26. The van der Waals surface area contributed by atoms with Gasteiger partial charge >= 0.3 is 0 Å². The van der Waals surface area contributed by atoms with Gasteiger partial charge in [-0.2, -0.15) is 0 Å². The molecule has 0 amide bonds. The quantitative estimate of drug-likeness (QED) is 0.133. The third kappa shape index (κ3) is 14.6. The van der Waals surface area contributed by atoms with Crippen LogP contribution >= 0.6 is 45.3 Å². The van der Waals surface area contributed by atoms with Crippen LogP contribution in [-0.2, 0) is 0 Å². The van der Waals surface area contributed by atoms with Gasteiger partial charge in [0.15, 0.2) is 0 Å². The second-order valence-corrected chi connectivity index (χ2v) is 43.1. The van der Waals surface area contributed by atoms with Gasteiger partial charge < -0.3 is 0 Å². The molecule has 0 spiro atoms. The van der Waals surface area contributed by atoms with Gasteiger partial charge in [0.25, 0.3) is 0 Å². The highest BCUT2D eigenvalue weighted by molar-refractivity contribution is 7.27. The van der Waals surface area contributed by atoms with Crippen molar-refractivity contribution in [2.24, 2.45) is 0 Å². The highest BCUT2D eigenvalue weighted by Gasteiger charge is 2.26. The lowest BCUT2D eigenvalue weighted by atomic mass is 9.84. The normalized spacial score (nSPS) is 11.8. The molecule has 4 aromatic heterocycles. The highest BCUT2D eigenvalue weighted by atomic mass is 32.1. The molecule has 0 bridgehead atoms. The maximum absolute atomic E-state index is 2.40. The third-order valence-electron chi connectivity index (χ3n) is 30.6. The zero-order valence-corrected chi connectivity index (χ0v) is 83.7. The fourth-order valence-corrected chi connectivity index (χ4v) is 28.6. The first kappa shape index (κ1) is 86.8. The first-order chi connectivity index (χ1) is 73.4. The average molecular weight is 1950 g/mol. The van der Waals surface area contributed by atoms with Crippen LogP contribution in [0, 0.1) is 0 Å². The van der Waals surface area contributed by atoms with Crippen LogP contribution < -0.4 is 0 Å². The summed E-state index contributed by atoms with van der Waals surface area (Å²) >= 11 is 7.54. The summed E-state index contributed by atoms with van der Waals surface area (Å²) in [4.78, 5) is 0. The SMILES string of the molecule is c1ccc2cc(-c3c4ccccc4c(-c4ccc5c(c4)sc4ccccc45)c4ccccc34)ccc2c1.c1ccc2cc(-c3c4ccccc4c(-c4ccc5sc6ccccc6c5c4)c4ccccc34)ccc2c1.c1ccc2cc(-c3c4ccccc4c(-c4cccc5c4sc4ccccc45)c4ccccc34)ccc2c1.c1ccc2cc(-c3c4ccccc4c(-c4cccc5sc6ccccc6c45)c4ccccc34)ccc2c1. The van der Waals surface area contributed by atoms with E-state index < -0.39 is 0 Å². The monoisotopic (exact) mass is 1940 g/mol. The Morgan fingerprint density at radius 3 is 0.689 bits per heavy atom. The van der Waals surface area contributed by atoms with Gasteiger partial charge in [-0.3, -0.25) is 0 Å². The van der Waals surface area contributed by atoms with Crippen molar-refractivity contribution >= 4 is 255 Å². The number of benzene rings is 28. The van der Waals surface area contributed by atoms with Crippen molar-refractivity contribution in [3.05, 3.63) is 534 Å². The Balaban J connectivity index is 0.0000000930. The number of hydrogen-bond acceptors (Lipinski definition) is 4. The first-order valence-corrected chi connectivity index (χ1v) is 54.1. The van der Waals surface area contributed by atoms with Crippen LogP contribution in [-0.4, -0.2) is 0 Å². The fourth-order valence-electron chi connectivity index (χ4n) is 24.0. The molecule has 148 heavy (non-hydrogen) atoms. The first-order valence-electron chi connectivity index (χ1n) is 50.8. The van der Waals surface area contributed by atoms with Gasteiger partial charge in [0, 0.05) is 86.3 Å². The molecule has 0 atom stereocenters. The molecule has 0 aliphatic carbocycles. The number of hydrogen-bond donors (Lipinski definition) is 0. The number of thiophene rings is 4. The van der Waals surface area contributed by atoms with Gasteiger partial charge in [0.2, 0.25) is 0 Å². The van der Waals surface area contributed by atoms with Crippen LogP contribution in [0.5, 0.6) is 0 Å². The van der Waals surface area contributed by atoms with E-state index in [1.165, 1.54) is 299 Å². The second kappa shape index (κ2) is 36.2. The van der Waals surface area contributed by atoms with E-state index in [2.05, 4.69) is 534 Å². The molecule has 0 aliphatic rings. The molecule has 32 rings (SSSR count). The van der Waals surface area contributed by atoms with Crippen LogP contribution in [0.1, 0.15) is 0 Å². The number of rotatable bonds is 8. The summed E-state index contributed by atoms with van der Waals surface area (Å²) in [5.41, 5.74) is 20.7. The van der Waals surface area contributed by atoms with E-state index in [1.807, 2.05) is 45.3 Å². The molecule has 0 saturated heterocycles. The Hall–Kier alpha value is -17.8. The van der Waals surface area contributed by atoms with Crippen molar-refractivity contribution in [2.45, 2.75) is 0 Å². The Morgan fingerprint density at radius 2 is 0.318 bits per heavy atom. The largest absolute Gasteiger partial charge is 0.135 e. The maximum atomic E-state index is 2.40. The van der Waals surface area contributed by atoms with Gasteiger partial charge in [0.05, 0.1) is 0 Å². The smallest absolute Gasteiger partial charge is 0.0434 e. The lowest BCUT2D eigenvalue weighted by Gasteiger charge is -2.18. The molecule has 4 heteroatoms. The van der Waals surface area contributed by atoms with Crippen molar-refractivity contribution in [1.29, 1.82) is 0 Å². The molecule has 32 aromatic rings. The molecular weight excluding hydrogens is 1860 g/mol. The van der Waals surface area contributed by atoms with Crippen molar-refractivity contribution < 1.29 is 0 Å². The average Bonchev–Trinajstić information content (AvgIpc) is 0.903. The van der Waals surface area contributed by atoms with E-state index in [-0.39, 0.29) is 0 Å². The van der Waals surface area contributed by atoms with Crippen molar-refractivity contribution in [3.63, 3.8) is 0 Å². The molecule has 0 nitrogen and oxygen atoms in total. The summed E-state index contributed by atoms with van der Waals surface area (Å²) in [5.74, 6) is 0. The van der Waals surface area contributed by atoms with Crippen molar-refractivity contribution in [1.82, 2.24) is 0 Å². The third-order valence-corrected chi connectivity index (χ3v) is 35.2. The fraction of sp³-hybridized carbons (Fsp3) is 0.